The van der Waals surface area contributed by atoms with Crippen LogP contribution in [-0.2, 0) is 0 Å². The monoisotopic (exact) mass is 773 g/mol. The third-order valence-corrected chi connectivity index (χ3v) is 11.1. The summed E-state index contributed by atoms with van der Waals surface area (Å²) >= 11 is 0. The second-order valence-electron chi connectivity index (χ2n) is 14.7. The number of benzene rings is 9. The zero-order valence-corrected chi connectivity index (χ0v) is 31.7. The van der Waals surface area contributed by atoms with Gasteiger partial charge in [0.15, 0.2) is 17.5 Å². The van der Waals surface area contributed by atoms with E-state index in [4.69, 9.17) is 32.0 Å². The summed E-state index contributed by atoms with van der Waals surface area (Å²) in [6.07, 6.45) is 0. The van der Waals surface area contributed by atoms with E-state index in [1.165, 1.54) is 12.1 Å². The molecular weight excluding hydrogens is 735 g/mol. The van der Waals surface area contributed by atoms with Gasteiger partial charge in [0.1, 0.15) is 22.3 Å². The molecule has 0 aliphatic heterocycles. The van der Waals surface area contributed by atoms with Crippen molar-refractivity contribution in [2.24, 2.45) is 0 Å². The Morgan fingerprint density at radius 2 is 0.950 bits per heavy atom. The number of furan rings is 2. The summed E-state index contributed by atoms with van der Waals surface area (Å²) in [7, 11) is 0. The van der Waals surface area contributed by atoms with Crippen LogP contribution in [0, 0.1) is 0 Å². The largest absolute Gasteiger partial charge is 0.455 e. The van der Waals surface area contributed by atoms with E-state index in [0.29, 0.717) is 55.9 Å². The van der Waals surface area contributed by atoms with Gasteiger partial charge in [0.2, 0.25) is 0 Å². The Hall–Kier alpha value is -8.15. The summed E-state index contributed by atoms with van der Waals surface area (Å²) in [6, 6.07) is 51.9. The van der Waals surface area contributed by atoms with Crippen molar-refractivity contribution in [3.05, 3.63) is 200 Å². The minimum absolute atomic E-state index is 0.0585. The van der Waals surface area contributed by atoms with E-state index in [0.717, 1.165) is 49.7 Å². The molecular formula is C55H33N3O2. The van der Waals surface area contributed by atoms with Crippen molar-refractivity contribution in [3.8, 4) is 67.5 Å². The molecule has 0 bridgehead atoms. The van der Waals surface area contributed by atoms with Crippen LogP contribution in [0.5, 0.6) is 0 Å². The molecule has 5 nitrogen and oxygen atoms in total. The maximum atomic E-state index is 9.13. The molecule has 3 heterocycles. The Bertz CT molecular complexity index is 3930. The van der Waals surface area contributed by atoms with Crippen LogP contribution < -0.4 is 0 Å². The molecule has 0 aliphatic carbocycles. The van der Waals surface area contributed by atoms with Crippen LogP contribution in [0.25, 0.3) is 122 Å². The molecule has 3 aromatic heterocycles. The first-order valence-electron chi connectivity index (χ1n) is 22.6. The van der Waals surface area contributed by atoms with Gasteiger partial charge in [-0.2, -0.15) is 0 Å². The van der Waals surface area contributed by atoms with Crippen molar-refractivity contribution in [1.82, 2.24) is 15.0 Å². The Kier molecular flexibility index (Phi) is 6.48. The molecule has 0 atom stereocenters. The Balaban J connectivity index is 1.00. The standard InChI is InChI=1S/C55H33N3O2/c1-3-11-34(12-4-1)35-21-25-39(26-22-35)53-56-54(58-55(57-53)41-30-31-45-46-19-9-18-44(36-13-5-2-6-14-36)51(46)60-49(45)33-41)40-27-23-38(24-28-40)42-17-10-20-48-50(42)47-32-29-37-15-7-8-16-43(37)52(47)59-48/h1-33H/i7D,10D,15D,17D,29D,32D. The Morgan fingerprint density at radius 3 is 1.70 bits per heavy atom. The van der Waals surface area contributed by atoms with E-state index in [9.17, 15) is 0 Å². The molecule has 0 fully saturated rings. The van der Waals surface area contributed by atoms with Gasteiger partial charge in [-0.25, -0.2) is 15.0 Å². The average molecular weight is 774 g/mol. The minimum Gasteiger partial charge on any atom is -0.455 e. The number of hydrogen-bond acceptors (Lipinski definition) is 5. The second kappa shape index (κ2) is 13.8. The molecule has 0 N–H and O–H groups in total. The zero-order valence-electron chi connectivity index (χ0n) is 37.7. The van der Waals surface area contributed by atoms with Gasteiger partial charge in [-0.1, -0.05) is 176 Å². The van der Waals surface area contributed by atoms with Gasteiger partial charge in [0.05, 0.1) is 8.22 Å². The van der Waals surface area contributed by atoms with Crippen molar-refractivity contribution >= 4 is 54.6 Å². The van der Waals surface area contributed by atoms with Crippen molar-refractivity contribution in [2.75, 3.05) is 0 Å². The van der Waals surface area contributed by atoms with Gasteiger partial charge >= 0.3 is 0 Å². The third kappa shape index (κ3) is 5.67. The first-order chi connectivity index (χ1) is 32.2. The van der Waals surface area contributed by atoms with Gasteiger partial charge in [0.25, 0.3) is 0 Å². The van der Waals surface area contributed by atoms with E-state index in [1.807, 2.05) is 97.1 Å². The molecule has 0 amide bonds. The number of aromatic nitrogens is 3. The van der Waals surface area contributed by atoms with Crippen molar-refractivity contribution in [3.63, 3.8) is 0 Å². The highest BCUT2D eigenvalue weighted by atomic mass is 16.3. The van der Waals surface area contributed by atoms with E-state index in [-0.39, 0.29) is 52.8 Å². The van der Waals surface area contributed by atoms with Gasteiger partial charge in [0, 0.05) is 49.2 Å². The van der Waals surface area contributed by atoms with Gasteiger partial charge in [-0.05, 0) is 57.4 Å². The normalized spacial score (nSPS) is 13.1. The predicted octanol–water partition coefficient (Wildman–Crippen LogP) is 14.8. The summed E-state index contributed by atoms with van der Waals surface area (Å²) in [4.78, 5) is 15.1. The van der Waals surface area contributed by atoms with E-state index < -0.39 is 0 Å². The first kappa shape index (κ1) is 28.3. The smallest absolute Gasteiger partial charge is 0.164 e. The lowest BCUT2D eigenvalue weighted by molar-refractivity contribution is 0.670. The summed E-state index contributed by atoms with van der Waals surface area (Å²) in [6.45, 7) is 0. The van der Waals surface area contributed by atoms with Crippen LogP contribution in [0.4, 0.5) is 0 Å². The third-order valence-electron chi connectivity index (χ3n) is 11.1. The molecule has 12 rings (SSSR count). The fourth-order valence-corrected chi connectivity index (χ4v) is 8.14. The number of nitrogens with zero attached hydrogens (tertiary/aromatic N) is 3. The average Bonchev–Trinajstić information content (AvgIpc) is 3.93. The molecule has 0 aliphatic rings. The van der Waals surface area contributed by atoms with Gasteiger partial charge < -0.3 is 8.83 Å². The van der Waals surface area contributed by atoms with Crippen LogP contribution in [-0.4, -0.2) is 15.0 Å². The number of rotatable bonds is 6. The SMILES string of the molecule is [2H]c1cc2oc3c4ccc([2H])c([2H])c4c([2H])c([2H])c3c2c(-c2ccc(-c3nc(-c4ccc(-c5ccccc5)cc4)nc(-c4ccc5c(c4)oc4c(-c6ccccc6)cccc45)n3)cc2)c1[2H]. The lowest BCUT2D eigenvalue weighted by Crippen LogP contribution is -2.00. The maximum Gasteiger partial charge on any atom is 0.164 e. The van der Waals surface area contributed by atoms with E-state index >= 15 is 0 Å². The van der Waals surface area contributed by atoms with Gasteiger partial charge in [-0.15, -0.1) is 0 Å². The summed E-state index contributed by atoms with van der Waals surface area (Å²) < 4.78 is 65.5. The number of fused-ring (bicyclic) bond motifs is 8. The number of hydrogen-bond donors (Lipinski definition) is 0. The van der Waals surface area contributed by atoms with E-state index in [2.05, 4.69) is 48.5 Å². The molecule has 0 radical (unpaired) electrons. The van der Waals surface area contributed by atoms with Crippen molar-refractivity contribution < 1.29 is 17.1 Å². The molecule has 0 saturated heterocycles. The first-order valence-corrected chi connectivity index (χ1v) is 19.6. The van der Waals surface area contributed by atoms with E-state index in [1.54, 1.807) is 6.07 Å². The molecule has 280 valence electrons. The van der Waals surface area contributed by atoms with Crippen LogP contribution in [0.1, 0.15) is 8.22 Å². The summed E-state index contributed by atoms with van der Waals surface area (Å²) in [5.74, 6) is 1.35. The van der Waals surface area contributed by atoms with Crippen molar-refractivity contribution in [1.29, 1.82) is 0 Å². The van der Waals surface area contributed by atoms with Crippen molar-refractivity contribution in [2.45, 2.75) is 0 Å². The maximum absolute atomic E-state index is 9.13. The van der Waals surface area contributed by atoms with Gasteiger partial charge in [-0.3, -0.25) is 0 Å². The lowest BCUT2D eigenvalue weighted by Gasteiger charge is -2.10. The summed E-state index contributed by atoms with van der Waals surface area (Å²) in [5.41, 5.74) is 9.50. The van der Waals surface area contributed by atoms with Crippen LogP contribution >= 0.6 is 0 Å². The molecule has 0 spiro atoms. The highest BCUT2D eigenvalue weighted by Gasteiger charge is 2.18. The quantitative estimate of drug-likeness (QED) is 0.168. The molecule has 0 unspecified atom stereocenters. The molecule has 12 aromatic rings. The zero-order chi connectivity index (χ0) is 44.8. The van der Waals surface area contributed by atoms with Crippen LogP contribution in [0.2, 0.25) is 0 Å². The summed E-state index contributed by atoms with van der Waals surface area (Å²) in [5, 5.41) is 3.32. The molecule has 5 heteroatoms. The Morgan fingerprint density at radius 1 is 0.350 bits per heavy atom. The highest BCUT2D eigenvalue weighted by molar-refractivity contribution is 6.19. The molecule has 0 saturated carbocycles. The fourth-order valence-electron chi connectivity index (χ4n) is 8.14. The second-order valence-corrected chi connectivity index (χ2v) is 14.7. The lowest BCUT2D eigenvalue weighted by atomic mass is 9.97. The van der Waals surface area contributed by atoms with Crippen LogP contribution in [0.3, 0.4) is 0 Å². The highest BCUT2D eigenvalue weighted by Crippen LogP contribution is 2.41. The predicted molar refractivity (Wildman–Crippen MR) is 245 cm³/mol. The number of para-hydroxylation sites is 1. The topological polar surface area (TPSA) is 65.0 Å². The van der Waals surface area contributed by atoms with Crippen LogP contribution in [0.15, 0.2) is 209 Å². The molecule has 60 heavy (non-hydrogen) atoms. The Labute approximate surface area is 353 Å². The minimum atomic E-state index is -0.199. The fraction of sp³-hybridized carbons (Fsp3) is 0. The molecule has 9 aromatic carbocycles.